The van der Waals surface area contributed by atoms with Gasteiger partial charge in [0.2, 0.25) is 0 Å². The smallest absolute Gasteiger partial charge is 0.185 e. The number of nitrogens with one attached hydrogen (secondary N) is 1. The number of thiazole rings is 1. The summed E-state index contributed by atoms with van der Waals surface area (Å²) in [4.78, 5) is 9.24. The number of aryl methyl sites for hydroxylation is 1. The van der Waals surface area contributed by atoms with Crippen LogP contribution in [0.5, 0.6) is 0 Å². The van der Waals surface area contributed by atoms with Gasteiger partial charge in [0.25, 0.3) is 0 Å². The van der Waals surface area contributed by atoms with E-state index in [2.05, 4.69) is 41.1 Å². The molecule has 1 aromatic heterocycles. The molecule has 4 rings (SSSR count). The highest BCUT2D eigenvalue weighted by Gasteiger charge is 2.21. The molecule has 1 aliphatic heterocycles. The third kappa shape index (κ3) is 4.41. The monoisotopic (exact) mass is 426 g/mol. The van der Waals surface area contributed by atoms with Gasteiger partial charge < -0.3 is 15.1 Å². The number of nitrogens with zero attached hydrogens (tertiary/aromatic N) is 3. The lowest BCUT2D eigenvalue weighted by Gasteiger charge is -2.36. The molecule has 1 aliphatic rings. The molecule has 0 radical (unpaired) electrons. The van der Waals surface area contributed by atoms with Crippen LogP contribution in [0.1, 0.15) is 11.1 Å². The van der Waals surface area contributed by atoms with Crippen molar-refractivity contribution in [3.63, 3.8) is 0 Å². The van der Waals surface area contributed by atoms with Crippen LogP contribution >= 0.6 is 23.6 Å². The Morgan fingerprint density at radius 2 is 1.79 bits per heavy atom. The summed E-state index contributed by atoms with van der Waals surface area (Å²) in [5.41, 5.74) is 5.38. The minimum absolute atomic E-state index is 0.231. The second-order valence-electron chi connectivity index (χ2n) is 7.17. The van der Waals surface area contributed by atoms with E-state index in [1.165, 1.54) is 23.3 Å². The molecule has 2 heterocycles. The summed E-state index contributed by atoms with van der Waals surface area (Å²) in [7, 11) is 0. The zero-order chi connectivity index (χ0) is 20.4. The Morgan fingerprint density at radius 1 is 1.07 bits per heavy atom. The summed E-state index contributed by atoms with van der Waals surface area (Å²) in [6.07, 6.45) is 0. The van der Waals surface area contributed by atoms with E-state index >= 15 is 0 Å². The average Bonchev–Trinajstić information content (AvgIpc) is 3.22. The molecule has 1 saturated heterocycles. The highest BCUT2D eigenvalue weighted by Crippen LogP contribution is 2.28. The van der Waals surface area contributed by atoms with Crippen LogP contribution in [0, 0.1) is 19.7 Å². The Bertz CT molecular complexity index is 1010. The van der Waals surface area contributed by atoms with Gasteiger partial charge in [0.1, 0.15) is 5.82 Å². The normalized spacial score (nSPS) is 14.2. The fourth-order valence-electron chi connectivity index (χ4n) is 3.34. The molecule has 1 fully saturated rings. The largest absolute Gasteiger partial charge is 0.345 e. The van der Waals surface area contributed by atoms with E-state index in [1.54, 1.807) is 23.5 Å². The van der Waals surface area contributed by atoms with Gasteiger partial charge in [-0.3, -0.25) is 0 Å². The standard InChI is InChI=1S/C22H23FN4S2/c1-15-4-3-5-19(16(15)2)24-21(28)26-10-12-27(13-11-26)22-25-20(14-29-22)17-6-8-18(23)9-7-17/h3-9,14H,10-13H2,1-2H3,(H,24,28). The third-order valence-corrected chi connectivity index (χ3v) is 6.58. The van der Waals surface area contributed by atoms with Crippen molar-refractivity contribution in [2.45, 2.75) is 13.8 Å². The Balaban J connectivity index is 1.36. The first-order valence-corrected chi connectivity index (χ1v) is 10.9. The number of benzene rings is 2. The van der Waals surface area contributed by atoms with Crippen molar-refractivity contribution in [1.29, 1.82) is 0 Å². The fraction of sp³-hybridized carbons (Fsp3) is 0.273. The van der Waals surface area contributed by atoms with Gasteiger partial charge in [-0.1, -0.05) is 12.1 Å². The molecular weight excluding hydrogens is 403 g/mol. The van der Waals surface area contributed by atoms with Crippen molar-refractivity contribution in [3.05, 3.63) is 64.8 Å². The second kappa shape index (κ2) is 8.47. The number of piperazine rings is 1. The fourth-order valence-corrected chi connectivity index (χ4v) is 4.53. The van der Waals surface area contributed by atoms with Crippen molar-refractivity contribution < 1.29 is 4.39 Å². The predicted molar refractivity (Wildman–Crippen MR) is 123 cm³/mol. The number of anilines is 2. The van der Waals surface area contributed by atoms with Gasteiger partial charge in [-0.15, -0.1) is 11.3 Å². The van der Waals surface area contributed by atoms with E-state index < -0.39 is 0 Å². The molecule has 0 atom stereocenters. The highest BCUT2D eigenvalue weighted by atomic mass is 32.1. The average molecular weight is 427 g/mol. The van der Waals surface area contributed by atoms with Crippen LogP contribution in [-0.4, -0.2) is 41.2 Å². The van der Waals surface area contributed by atoms with E-state index in [0.717, 1.165) is 53.4 Å². The Labute approximate surface area is 180 Å². The lowest BCUT2D eigenvalue weighted by molar-refractivity contribution is 0.390. The summed E-state index contributed by atoms with van der Waals surface area (Å²) in [5, 5.41) is 7.20. The first kappa shape index (κ1) is 19.8. The minimum Gasteiger partial charge on any atom is -0.345 e. The summed E-state index contributed by atoms with van der Waals surface area (Å²) in [6.45, 7) is 7.65. The molecule has 0 spiro atoms. The van der Waals surface area contributed by atoms with Crippen LogP contribution in [0.3, 0.4) is 0 Å². The number of hydrogen-bond donors (Lipinski definition) is 1. The lowest BCUT2D eigenvalue weighted by atomic mass is 10.1. The van der Waals surface area contributed by atoms with E-state index in [0.29, 0.717) is 0 Å². The zero-order valence-corrected chi connectivity index (χ0v) is 18.1. The summed E-state index contributed by atoms with van der Waals surface area (Å²) in [5.74, 6) is -0.231. The Hall–Kier alpha value is -2.51. The number of halogens is 1. The van der Waals surface area contributed by atoms with Gasteiger partial charge in [0.05, 0.1) is 5.69 Å². The molecule has 3 aromatic rings. The number of thiocarbonyl (C=S) groups is 1. The van der Waals surface area contributed by atoms with Crippen LogP contribution in [0.2, 0.25) is 0 Å². The van der Waals surface area contributed by atoms with Crippen molar-refractivity contribution in [2.75, 3.05) is 36.4 Å². The quantitative estimate of drug-likeness (QED) is 0.590. The van der Waals surface area contributed by atoms with Crippen LogP contribution in [0.15, 0.2) is 47.8 Å². The van der Waals surface area contributed by atoms with Gasteiger partial charge >= 0.3 is 0 Å². The molecule has 150 valence electrons. The van der Waals surface area contributed by atoms with Crippen molar-refractivity contribution in [3.8, 4) is 11.3 Å². The topological polar surface area (TPSA) is 31.4 Å². The molecule has 29 heavy (non-hydrogen) atoms. The predicted octanol–water partition coefficient (Wildman–Crippen LogP) is 5.09. The highest BCUT2D eigenvalue weighted by molar-refractivity contribution is 7.80. The lowest BCUT2D eigenvalue weighted by Crippen LogP contribution is -2.50. The maximum atomic E-state index is 13.1. The van der Waals surface area contributed by atoms with E-state index in [4.69, 9.17) is 17.2 Å². The SMILES string of the molecule is Cc1cccc(NC(=S)N2CCN(c3nc(-c4ccc(F)cc4)cs3)CC2)c1C. The molecule has 0 aliphatic carbocycles. The molecule has 0 amide bonds. The Kier molecular flexibility index (Phi) is 5.78. The summed E-state index contributed by atoms with van der Waals surface area (Å²) in [6, 6.07) is 12.7. The van der Waals surface area contributed by atoms with E-state index in [1.807, 2.05) is 11.4 Å². The first-order valence-electron chi connectivity index (χ1n) is 9.60. The Morgan fingerprint density at radius 3 is 2.52 bits per heavy atom. The molecule has 0 bridgehead atoms. The molecule has 0 saturated carbocycles. The molecular formula is C22H23FN4S2. The van der Waals surface area contributed by atoms with Gasteiger partial charge in [-0.25, -0.2) is 9.37 Å². The van der Waals surface area contributed by atoms with Gasteiger partial charge in [-0.05, 0) is 67.5 Å². The van der Waals surface area contributed by atoms with E-state index in [9.17, 15) is 4.39 Å². The summed E-state index contributed by atoms with van der Waals surface area (Å²) < 4.78 is 13.1. The van der Waals surface area contributed by atoms with Crippen LogP contribution in [0.25, 0.3) is 11.3 Å². The molecule has 1 N–H and O–H groups in total. The summed E-state index contributed by atoms with van der Waals surface area (Å²) >= 11 is 7.27. The number of rotatable bonds is 3. The van der Waals surface area contributed by atoms with Crippen molar-refractivity contribution >= 4 is 39.5 Å². The maximum absolute atomic E-state index is 13.1. The first-order chi connectivity index (χ1) is 14.0. The van der Waals surface area contributed by atoms with Gasteiger partial charge in [0, 0.05) is 42.8 Å². The molecule has 4 nitrogen and oxygen atoms in total. The van der Waals surface area contributed by atoms with Crippen LogP contribution in [-0.2, 0) is 0 Å². The third-order valence-electron chi connectivity index (χ3n) is 5.32. The van der Waals surface area contributed by atoms with E-state index in [-0.39, 0.29) is 5.82 Å². The minimum atomic E-state index is -0.231. The number of aromatic nitrogens is 1. The molecule has 0 unspecified atom stereocenters. The second-order valence-corrected chi connectivity index (χ2v) is 8.40. The maximum Gasteiger partial charge on any atom is 0.185 e. The number of hydrogen-bond acceptors (Lipinski definition) is 4. The van der Waals surface area contributed by atoms with Gasteiger partial charge in [-0.2, -0.15) is 0 Å². The molecule has 7 heteroatoms. The van der Waals surface area contributed by atoms with Crippen molar-refractivity contribution in [2.24, 2.45) is 0 Å². The van der Waals surface area contributed by atoms with Gasteiger partial charge in [0.15, 0.2) is 10.2 Å². The zero-order valence-electron chi connectivity index (χ0n) is 16.5. The van der Waals surface area contributed by atoms with Crippen molar-refractivity contribution in [1.82, 2.24) is 9.88 Å². The van der Waals surface area contributed by atoms with Crippen LogP contribution in [0.4, 0.5) is 15.2 Å². The molecule has 2 aromatic carbocycles. The van der Waals surface area contributed by atoms with Crippen LogP contribution < -0.4 is 10.2 Å².